The number of hydrogen-bond donors (Lipinski definition) is 2. The Bertz CT molecular complexity index is 208. The second-order valence-electron chi connectivity index (χ2n) is 4.61. The number of carbonyl (C=O) groups is 1. The Labute approximate surface area is 92.2 Å². The van der Waals surface area contributed by atoms with E-state index < -0.39 is 0 Å². The molecule has 0 aromatic heterocycles. The van der Waals surface area contributed by atoms with E-state index in [9.17, 15) is 4.79 Å². The van der Waals surface area contributed by atoms with Gasteiger partial charge in [-0.25, -0.2) is 5.84 Å². The van der Waals surface area contributed by atoms with Gasteiger partial charge in [-0.15, -0.1) is 0 Å². The lowest BCUT2D eigenvalue weighted by molar-refractivity contribution is -0.125. The highest BCUT2D eigenvalue weighted by molar-refractivity contribution is 5.77. The van der Waals surface area contributed by atoms with E-state index in [4.69, 9.17) is 5.84 Å². The highest BCUT2D eigenvalue weighted by Crippen LogP contribution is 2.21. The van der Waals surface area contributed by atoms with Crippen LogP contribution < -0.4 is 11.3 Å². The Hall–Kier alpha value is -0.610. The molecule has 4 nitrogen and oxygen atoms in total. The molecule has 4 heteroatoms. The average Bonchev–Trinajstić information content (AvgIpc) is 2.65. The van der Waals surface area contributed by atoms with Crippen molar-refractivity contribution in [3.05, 3.63) is 0 Å². The lowest BCUT2D eigenvalue weighted by atomic mass is 10.0. The van der Waals surface area contributed by atoms with Crippen LogP contribution in [0.3, 0.4) is 0 Å². The van der Waals surface area contributed by atoms with Crippen molar-refractivity contribution < 1.29 is 4.79 Å². The van der Waals surface area contributed by atoms with Crippen LogP contribution in [-0.4, -0.2) is 30.4 Å². The lowest BCUT2D eigenvalue weighted by Gasteiger charge is -2.19. The smallest absolute Gasteiger partial charge is 0.237 e. The van der Waals surface area contributed by atoms with Crippen molar-refractivity contribution in [1.29, 1.82) is 0 Å². The molecule has 2 unspecified atom stereocenters. The quantitative estimate of drug-likeness (QED) is 0.402. The molecule has 3 N–H and O–H groups in total. The summed E-state index contributed by atoms with van der Waals surface area (Å²) >= 11 is 0. The Balaban J connectivity index is 2.26. The third kappa shape index (κ3) is 3.80. The van der Waals surface area contributed by atoms with Gasteiger partial charge in [0.1, 0.15) is 0 Å². The van der Waals surface area contributed by atoms with Gasteiger partial charge >= 0.3 is 0 Å². The maximum absolute atomic E-state index is 11.2. The topological polar surface area (TPSA) is 58.4 Å². The number of likely N-dealkylation sites (tertiary alicyclic amines) is 1. The van der Waals surface area contributed by atoms with Gasteiger partial charge in [0.2, 0.25) is 5.91 Å². The highest BCUT2D eigenvalue weighted by Gasteiger charge is 2.24. The Kier molecular flexibility index (Phi) is 5.05. The average molecular weight is 213 g/mol. The third-order valence-corrected chi connectivity index (χ3v) is 3.19. The number of hydrogen-bond acceptors (Lipinski definition) is 3. The fraction of sp³-hybridized carbons (Fsp3) is 0.909. The first-order valence-electron chi connectivity index (χ1n) is 5.90. The maximum Gasteiger partial charge on any atom is 0.237 e. The van der Waals surface area contributed by atoms with Crippen molar-refractivity contribution in [1.82, 2.24) is 10.3 Å². The fourth-order valence-electron chi connectivity index (χ4n) is 2.34. The molecule has 1 aliphatic rings. The Morgan fingerprint density at radius 3 is 3.00 bits per heavy atom. The predicted molar refractivity (Wildman–Crippen MR) is 60.9 cm³/mol. The summed E-state index contributed by atoms with van der Waals surface area (Å²) in [5.41, 5.74) is 2.21. The summed E-state index contributed by atoms with van der Waals surface area (Å²) in [6, 6.07) is 0. The van der Waals surface area contributed by atoms with Gasteiger partial charge < -0.3 is 4.90 Å². The highest BCUT2D eigenvalue weighted by atomic mass is 16.2. The van der Waals surface area contributed by atoms with Crippen LogP contribution in [-0.2, 0) is 4.79 Å². The summed E-state index contributed by atoms with van der Waals surface area (Å²) in [5.74, 6) is 5.87. The number of carbonyl (C=O) groups excluding carboxylic acids is 1. The van der Waals surface area contributed by atoms with E-state index >= 15 is 0 Å². The number of nitrogens with two attached hydrogens (primary N) is 1. The zero-order chi connectivity index (χ0) is 11.3. The van der Waals surface area contributed by atoms with Crippen molar-refractivity contribution in [2.45, 2.75) is 33.1 Å². The van der Waals surface area contributed by atoms with E-state index in [1.807, 2.05) is 6.92 Å². The van der Waals surface area contributed by atoms with Crippen LogP contribution >= 0.6 is 0 Å². The Morgan fingerprint density at radius 1 is 1.67 bits per heavy atom. The van der Waals surface area contributed by atoms with E-state index in [0.717, 1.165) is 25.6 Å². The molecule has 1 amide bonds. The molecule has 0 aliphatic carbocycles. The summed E-state index contributed by atoms with van der Waals surface area (Å²) < 4.78 is 0. The molecule has 0 saturated carbocycles. The van der Waals surface area contributed by atoms with E-state index in [1.165, 1.54) is 19.3 Å². The van der Waals surface area contributed by atoms with Gasteiger partial charge in [0.05, 0.1) is 0 Å². The molecule has 15 heavy (non-hydrogen) atoms. The molecule has 1 heterocycles. The van der Waals surface area contributed by atoms with Crippen LogP contribution in [0.25, 0.3) is 0 Å². The summed E-state index contributed by atoms with van der Waals surface area (Å²) in [4.78, 5) is 13.6. The van der Waals surface area contributed by atoms with Crippen molar-refractivity contribution in [2.24, 2.45) is 17.7 Å². The van der Waals surface area contributed by atoms with Gasteiger partial charge in [0, 0.05) is 19.0 Å². The van der Waals surface area contributed by atoms with E-state index in [1.54, 1.807) is 0 Å². The van der Waals surface area contributed by atoms with E-state index in [2.05, 4.69) is 17.2 Å². The van der Waals surface area contributed by atoms with E-state index in [-0.39, 0.29) is 11.8 Å². The van der Waals surface area contributed by atoms with Crippen LogP contribution in [0.1, 0.15) is 33.1 Å². The minimum atomic E-state index is -0.0612. The first-order chi connectivity index (χ1) is 7.17. The minimum Gasteiger partial charge on any atom is -0.302 e. The lowest BCUT2D eigenvalue weighted by Crippen LogP contribution is -2.40. The van der Waals surface area contributed by atoms with Gasteiger partial charge in [-0.05, 0) is 25.3 Å². The predicted octanol–water partition coefficient (Wildman–Crippen LogP) is 0.734. The molecule has 2 atom stereocenters. The molecule has 0 aromatic carbocycles. The number of nitrogens with zero attached hydrogens (tertiary/aromatic N) is 1. The number of amides is 1. The van der Waals surface area contributed by atoms with Gasteiger partial charge in [0.15, 0.2) is 0 Å². The van der Waals surface area contributed by atoms with Crippen molar-refractivity contribution in [3.63, 3.8) is 0 Å². The monoisotopic (exact) mass is 213 g/mol. The molecule has 0 aromatic rings. The van der Waals surface area contributed by atoms with Crippen LogP contribution in [0.5, 0.6) is 0 Å². The summed E-state index contributed by atoms with van der Waals surface area (Å²) in [6.45, 7) is 7.27. The summed E-state index contributed by atoms with van der Waals surface area (Å²) in [5, 5.41) is 0. The zero-order valence-electron chi connectivity index (χ0n) is 9.83. The van der Waals surface area contributed by atoms with Crippen LogP contribution in [0.15, 0.2) is 0 Å². The maximum atomic E-state index is 11.2. The van der Waals surface area contributed by atoms with Gasteiger partial charge in [-0.1, -0.05) is 20.3 Å². The SMILES string of the molecule is CCCC1CCN(CC(C)C(=O)NN)C1. The normalized spacial score (nSPS) is 24.1. The Morgan fingerprint density at radius 2 is 2.40 bits per heavy atom. The molecule has 1 aliphatic heterocycles. The largest absolute Gasteiger partial charge is 0.302 e. The first kappa shape index (κ1) is 12.5. The molecule has 88 valence electrons. The number of hydrazine groups is 1. The summed E-state index contributed by atoms with van der Waals surface area (Å²) in [6.07, 6.45) is 3.86. The summed E-state index contributed by atoms with van der Waals surface area (Å²) in [7, 11) is 0. The van der Waals surface area contributed by atoms with E-state index in [0.29, 0.717) is 0 Å². The second kappa shape index (κ2) is 6.08. The van der Waals surface area contributed by atoms with Gasteiger partial charge in [-0.3, -0.25) is 10.2 Å². The first-order valence-corrected chi connectivity index (χ1v) is 5.90. The molecule has 0 bridgehead atoms. The third-order valence-electron chi connectivity index (χ3n) is 3.19. The second-order valence-corrected chi connectivity index (χ2v) is 4.61. The minimum absolute atomic E-state index is 0.00428. The van der Waals surface area contributed by atoms with Crippen molar-refractivity contribution >= 4 is 5.91 Å². The molecule has 1 saturated heterocycles. The number of rotatable bonds is 5. The van der Waals surface area contributed by atoms with Crippen LogP contribution in [0.4, 0.5) is 0 Å². The zero-order valence-corrected chi connectivity index (χ0v) is 9.83. The molecular formula is C11H23N3O. The standard InChI is InChI=1S/C11H23N3O/c1-3-4-10-5-6-14(8-10)7-9(2)11(15)13-12/h9-10H,3-8,12H2,1-2H3,(H,13,15). The van der Waals surface area contributed by atoms with Crippen LogP contribution in [0.2, 0.25) is 0 Å². The molecule has 0 spiro atoms. The molecule has 1 rings (SSSR count). The van der Waals surface area contributed by atoms with Gasteiger partial charge in [0.25, 0.3) is 0 Å². The van der Waals surface area contributed by atoms with Gasteiger partial charge in [-0.2, -0.15) is 0 Å². The van der Waals surface area contributed by atoms with Crippen molar-refractivity contribution in [3.8, 4) is 0 Å². The molecular weight excluding hydrogens is 190 g/mol. The number of nitrogens with one attached hydrogen (secondary N) is 1. The van der Waals surface area contributed by atoms with Crippen LogP contribution in [0, 0.1) is 11.8 Å². The van der Waals surface area contributed by atoms with Crippen molar-refractivity contribution in [2.75, 3.05) is 19.6 Å². The fourth-order valence-corrected chi connectivity index (χ4v) is 2.34. The molecule has 1 fully saturated rings. The molecule has 0 radical (unpaired) electrons.